The second-order valence-electron chi connectivity index (χ2n) is 8.41. The van der Waals surface area contributed by atoms with Crippen molar-refractivity contribution in [1.82, 2.24) is 14.7 Å². The molecule has 2 amide bonds. The Morgan fingerprint density at radius 1 is 1.15 bits per heavy atom. The summed E-state index contributed by atoms with van der Waals surface area (Å²) in [4.78, 5) is 26.9. The Bertz CT molecular complexity index is 1100. The molecule has 2 aromatic carbocycles. The third-order valence-corrected chi connectivity index (χ3v) is 5.87. The number of hydrogen-bond donors (Lipinski definition) is 1. The molecule has 1 aromatic heterocycles. The minimum absolute atomic E-state index is 0.0748. The summed E-state index contributed by atoms with van der Waals surface area (Å²) in [5, 5.41) is 7.48. The lowest BCUT2D eigenvalue weighted by Crippen LogP contribution is -2.29. The van der Waals surface area contributed by atoms with Crippen LogP contribution in [0.15, 0.2) is 60.7 Å². The van der Waals surface area contributed by atoms with Crippen LogP contribution in [0.4, 0.5) is 5.69 Å². The van der Waals surface area contributed by atoms with E-state index in [9.17, 15) is 9.59 Å². The molecule has 1 atom stereocenters. The molecule has 1 fully saturated rings. The molecule has 0 bridgehead atoms. The largest absolute Gasteiger partial charge is 0.368 e. The number of nitrogens with one attached hydrogen (secondary N) is 1. The van der Waals surface area contributed by atoms with Crippen molar-refractivity contribution in [2.45, 2.75) is 31.8 Å². The topological polar surface area (TPSA) is 76.5 Å². The van der Waals surface area contributed by atoms with E-state index < -0.39 is 6.10 Å². The molecule has 4 rings (SSSR count). The zero-order chi connectivity index (χ0) is 23.2. The summed E-state index contributed by atoms with van der Waals surface area (Å²) >= 11 is 0. The molecule has 3 aromatic rings. The Labute approximate surface area is 194 Å². The van der Waals surface area contributed by atoms with E-state index in [-0.39, 0.29) is 11.8 Å². The number of anilines is 1. The molecule has 0 saturated carbocycles. The van der Waals surface area contributed by atoms with Crippen molar-refractivity contribution in [3.05, 3.63) is 71.9 Å². The van der Waals surface area contributed by atoms with Crippen LogP contribution in [0, 0.1) is 0 Å². The van der Waals surface area contributed by atoms with E-state index in [4.69, 9.17) is 4.74 Å². The maximum atomic E-state index is 12.9. The molecule has 1 aliphatic rings. The summed E-state index contributed by atoms with van der Waals surface area (Å²) in [7, 11) is 3.75. The van der Waals surface area contributed by atoms with Gasteiger partial charge < -0.3 is 15.0 Å². The maximum absolute atomic E-state index is 12.9. The van der Waals surface area contributed by atoms with Gasteiger partial charge in [-0.3, -0.25) is 14.3 Å². The standard InChI is InChI=1S/C26H30N4O3/c1-29(15-7-13-22-18-23(30(2)28-22)19-9-4-3-5-10-19)26(32)20-11-6-12-21(17-20)27-25(31)24-14-8-16-33-24/h3-6,9-12,17-18,24H,7-8,13-16H2,1-2H3,(H,27,31). The highest BCUT2D eigenvalue weighted by Gasteiger charge is 2.23. The lowest BCUT2D eigenvalue weighted by Gasteiger charge is -2.17. The first-order valence-corrected chi connectivity index (χ1v) is 11.4. The predicted octanol–water partition coefficient (Wildman–Crippen LogP) is 3.91. The molecule has 1 saturated heterocycles. The molecule has 172 valence electrons. The van der Waals surface area contributed by atoms with Crippen molar-refractivity contribution in [2.75, 3.05) is 25.5 Å². The lowest BCUT2D eigenvalue weighted by molar-refractivity contribution is -0.124. The van der Waals surface area contributed by atoms with Gasteiger partial charge in [-0.25, -0.2) is 0 Å². The minimum atomic E-state index is -0.402. The molecule has 1 unspecified atom stereocenters. The smallest absolute Gasteiger partial charge is 0.253 e. The summed E-state index contributed by atoms with van der Waals surface area (Å²) in [6.07, 6.45) is 2.82. The Kier molecular flexibility index (Phi) is 7.19. The van der Waals surface area contributed by atoms with Gasteiger partial charge in [-0.2, -0.15) is 5.10 Å². The normalized spacial score (nSPS) is 15.4. The van der Waals surface area contributed by atoms with Crippen LogP contribution in [0.2, 0.25) is 0 Å². The number of aryl methyl sites for hydroxylation is 2. The van der Waals surface area contributed by atoms with Crippen LogP contribution in [-0.4, -0.2) is 52.8 Å². The van der Waals surface area contributed by atoms with Crippen molar-refractivity contribution in [3.63, 3.8) is 0 Å². The van der Waals surface area contributed by atoms with Gasteiger partial charge in [0, 0.05) is 38.5 Å². The van der Waals surface area contributed by atoms with E-state index in [1.165, 1.54) is 0 Å². The van der Waals surface area contributed by atoms with E-state index in [1.807, 2.05) is 29.9 Å². The van der Waals surface area contributed by atoms with Gasteiger partial charge in [-0.1, -0.05) is 36.4 Å². The highest BCUT2D eigenvalue weighted by Crippen LogP contribution is 2.20. The van der Waals surface area contributed by atoms with Crippen LogP contribution < -0.4 is 5.32 Å². The summed E-state index contributed by atoms with van der Waals surface area (Å²) in [6, 6.07) is 19.4. The number of amides is 2. The molecule has 1 N–H and O–H groups in total. The highest BCUT2D eigenvalue weighted by atomic mass is 16.5. The van der Waals surface area contributed by atoms with Crippen LogP contribution in [0.25, 0.3) is 11.3 Å². The first kappa shape index (κ1) is 22.7. The van der Waals surface area contributed by atoms with E-state index in [1.54, 1.807) is 36.2 Å². The van der Waals surface area contributed by atoms with Crippen molar-refractivity contribution < 1.29 is 14.3 Å². The van der Waals surface area contributed by atoms with Gasteiger partial charge in [0.05, 0.1) is 11.4 Å². The molecule has 1 aliphatic heterocycles. The summed E-state index contributed by atoms with van der Waals surface area (Å²) in [5.74, 6) is -0.232. The molecule has 7 nitrogen and oxygen atoms in total. The fourth-order valence-corrected chi connectivity index (χ4v) is 4.08. The molecule has 7 heteroatoms. The van der Waals surface area contributed by atoms with Crippen LogP contribution in [0.5, 0.6) is 0 Å². The first-order valence-electron chi connectivity index (χ1n) is 11.4. The van der Waals surface area contributed by atoms with Crippen molar-refractivity contribution in [1.29, 1.82) is 0 Å². The second-order valence-corrected chi connectivity index (χ2v) is 8.41. The molecule has 0 aliphatic carbocycles. The first-order chi connectivity index (χ1) is 16.0. The maximum Gasteiger partial charge on any atom is 0.253 e. The third-order valence-electron chi connectivity index (χ3n) is 5.87. The van der Waals surface area contributed by atoms with E-state index >= 15 is 0 Å². The number of carbonyl (C=O) groups excluding carboxylic acids is 2. The molecular weight excluding hydrogens is 416 g/mol. The lowest BCUT2D eigenvalue weighted by atomic mass is 10.1. The number of aromatic nitrogens is 2. The van der Waals surface area contributed by atoms with Gasteiger partial charge in [-0.05, 0) is 55.5 Å². The van der Waals surface area contributed by atoms with Crippen LogP contribution in [0.1, 0.15) is 35.3 Å². The Morgan fingerprint density at radius 3 is 2.73 bits per heavy atom. The van der Waals surface area contributed by atoms with E-state index in [2.05, 4.69) is 28.6 Å². The van der Waals surface area contributed by atoms with Gasteiger partial charge in [0.2, 0.25) is 0 Å². The molecule has 33 heavy (non-hydrogen) atoms. The van der Waals surface area contributed by atoms with Crippen molar-refractivity contribution in [2.24, 2.45) is 7.05 Å². The average molecular weight is 447 g/mol. The number of nitrogens with zero attached hydrogens (tertiary/aromatic N) is 3. The zero-order valence-electron chi connectivity index (χ0n) is 19.2. The number of ether oxygens (including phenoxy) is 1. The van der Waals surface area contributed by atoms with Crippen LogP contribution in [0.3, 0.4) is 0 Å². The van der Waals surface area contributed by atoms with Gasteiger partial charge in [0.25, 0.3) is 11.8 Å². The molecule has 0 spiro atoms. The minimum Gasteiger partial charge on any atom is -0.368 e. The highest BCUT2D eigenvalue weighted by molar-refractivity contribution is 5.98. The number of carbonyl (C=O) groups is 2. The Hall–Kier alpha value is -3.45. The van der Waals surface area contributed by atoms with Gasteiger partial charge in [0.1, 0.15) is 6.10 Å². The van der Waals surface area contributed by atoms with Gasteiger partial charge >= 0.3 is 0 Å². The Morgan fingerprint density at radius 2 is 1.97 bits per heavy atom. The second kappa shape index (κ2) is 10.4. The number of hydrogen-bond acceptors (Lipinski definition) is 4. The molecule has 2 heterocycles. The quantitative estimate of drug-likeness (QED) is 0.569. The van der Waals surface area contributed by atoms with Crippen molar-refractivity contribution in [3.8, 4) is 11.3 Å². The predicted molar refractivity (Wildman–Crippen MR) is 128 cm³/mol. The van der Waals surface area contributed by atoms with Crippen LogP contribution in [-0.2, 0) is 23.0 Å². The van der Waals surface area contributed by atoms with E-state index in [0.29, 0.717) is 24.4 Å². The fraction of sp³-hybridized carbons (Fsp3) is 0.346. The third kappa shape index (κ3) is 5.68. The zero-order valence-corrected chi connectivity index (χ0v) is 19.2. The summed E-state index contributed by atoms with van der Waals surface area (Å²) in [5.41, 5.74) is 4.38. The van der Waals surface area contributed by atoms with Gasteiger partial charge in [-0.15, -0.1) is 0 Å². The van der Waals surface area contributed by atoms with Crippen molar-refractivity contribution >= 4 is 17.5 Å². The van der Waals surface area contributed by atoms with Gasteiger partial charge in [0.15, 0.2) is 0 Å². The van der Waals surface area contributed by atoms with E-state index in [0.717, 1.165) is 42.6 Å². The number of rotatable bonds is 8. The molecular formula is C26H30N4O3. The average Bonchev–Trinajstić information content (AvgIpc) is 3.49. The summed E-state index contributed by atoms with van der Waals surface area (Å²) in [6.45, 7) is 1.23. The fourth-order valence-electron chi connectivity index (χ4n) is 4.08. The Balaban J connectivity index is 1.30. The number of benzene rings is 2. The molecule has 0 radical (unpaired) electrons. The van der Waals surface area contributed by atoms with Crippen LogP contribution >= 0.6 is 0 Å². The SMILES string of the molecule is CN(CCCc1cc(-c2ccccc2)n(C)n1)C(=O)c1cccc(NC(=O)C2CCCO2)c1. The monoisotopic (exact) mass is 446 g/mol. The summed E-state index contributed by atoms with van der Waals surface area (Å²) < 4.78 is 7.32.